The van der Waals surface area contributed by atoms with Crippen LogP contribution < -0.4 is 4.74 Å². The van der Waals surface area contributed by atoms with Gasteiger partial charge in [0.2, 0.25) is 0 Å². The number of carbonyl (C=O) groups is 2. The van der Waals surface area contributed by atoms with Gasteiger partial charge in [0.1, 0.15) is 11.5 Å². The fraction of sp³-hybridized carbons (Fsp3) is 0.273. The first-order chi connectivity index (χ1) is 13.4. The Bertz CT molecular complexity index is 924. The summed E-state index contributed by atoms with van der Waals surface area (Å²) in [7, 11) is 0. The van der Waals surface area contributed by atoms with Gasteiger partial charge in [0.15, 0.2) is 11.5 Å². The van der Waals surface area contributed by atoms with Gasteiger partial charge in [-0.1, -0.05) is 12.1 Å². The van der Waals surface area contributed by atoms with Gasteiger partial charge < -0.3 is 19.2 Å². The number of likely N-dealkylation sites (N-methyl/N-ethyl adjacent to an activating group) is 1. The largest absolute Gasteiger partial charge is 0.503 e. The molecule has 0 radical (unpaired) electrons. The molecule has 0 saturated heterocycles. The molecule has 1 aromatic carbocycles. The second-order valence-electron chi connectivity index (χ2n) is 6.71. The number of carbonyl (C=O) groups excluding carboxylic acids is 2. The summed E-state index contributed by atoms with van der Waals surface area (Å²) in [4.78, 5) is 26.8. The van der Waals surface area contributed by atoms with E-state index in [1.165, 1.54) is 23.3 Å². The monoisotopic (exact) mass is 381 g/mol. The zero-order chi connectivity index (χ0) is 20.3. The maximum atomic E-state index is 12.8. The molecule has 1 N–H and O–H groups in total. The summed E-state index contributed by atoms with van der Waals surface area (Å²) < 4.78 is 10.9. The quantitative estimate of drug-likeness (QED) is 0.732. The highest BCUT2D eigenvalue weighted by Gasteiger charge is 2.42. The Labute approximate surface area is 163 Å². The van der Waals surface area contributed by atoms with Crippen molar-refractivity contribution in [3.63, 3.8) is 0 Å². The lowest BCUT2D eigenvalue weighted by molar-refractivity contribution is -0.129. The first kappa shape index (κ1) is 19.5. The third-order valence-electron chi connectivity index (χ3n) is 4.40. The zero-order valence-corrected chi connectivity index (χ0v) is 16.1. The van der Waals surface area contributed by atoms with E-state index < -0.39 is 23.5 Å². The summed E-state index contributed by atoms with van der Waals surface area (Å²) in [5.41, 5.74) is 0.753. The number of hydrogen-bond acceptors (Lipinski definition) is 5. The molecule has 1 aliphatic rings. The molecule has 2 heterocycles. The average molecular weight is 381 g/mol. The van der Waals surface area contributed by atoms with E-state index in [2.05, 4.69) is 0 Å². The molecule has 0 saturated carbocycles. The van der Waals surface area contributed by atoms with E-state index in [4.69, 9.17) is 9.15 Å². The molecule has 6 nitrogen and oxygen atoms in total. The fourth-order valence-electron chi connectivity index (χ4n) is 3.24. The highest BCUT2D eigenvalue weighted by Crippen LogP contribution is 2.38. The van der Waals surface area contributed by atoms with Crippen molar-refractivity contribution in [2.75, 3.05) is 6.54 Å². The molecule has 146 valence electrons. The van der Waals surface area contributed by atoms with E-state index in [0.29, 0.717) is 23.6 Å². The molecule has 0 aliphatic carbocycles. The number of ketones is 1. The van der Waals surface area contributed by atoms with Gasteiger partial charge in [-0.2, -0.15) is 0 Å². The van der Waals surface area contributed by atoms with Gasteiger partial charge in [0, 0.05) is 6.54 Å². The van der Waals surface area contributed by atoms with E-state index in [0.717, 1.165) is 0 Å². The van der Waals surface area contributed by atoms with Crippen LogP contribution in [0.2, 0.25) is 0 Å². The number of furan rings is 1. The lowest BCUT2D eigenvalue weighted by atomic mass is 9.95. The van der Waals surface area contributed by atoms with Crippen LogP contribution >= 0.6 is 0 Å². The molecular formula is C22H23NO5. The highest BCUT2D eigenvalue weighted by atomic mass is 16.5. The number of ether oxygens (including phenoxy) is 1. The van der Waals surface area contributed by atoms with Crippen LogP contribution in [0, 0.1) is 0 Å². The first-order valence-corrected chi connectivity index (χ1v) is 9.19. The van der Waals surface area contributed by atoms with E-state index in [1.54, 1.807) is 25.1 Å². The molecule has 6 heteroatoms. The van der Waals surface area contributed by atoms with Crippen molar-refractivity contribution in [3.05, 3.63) is 71.4 Å². The summed E-state index contributed by atoms with van der Waals surface area (Å²) in [6.45, 7) is 5.99. The van der Waals surface area contributed by atoms with Crippen LogP contribution in [-0.2, 0) is 9.59 Å². The predicted molar refractivity (Wildman–Crippen MR) is 105 cm³/mol. The number of hydrogen-bond donors (Lipinski definition) is 1. The Balaban J connectivity index is 1.99. The zero-order valence-electron chi connectivity index (χ0n) is 16.1. The highest BCUT2D eigenvalue weighted by molar-refractivity contribution is 6.14. The number of amides is 1. The lowest BCUT2D eigenvalue weighted by Gasteiger charge is -2.25. The van der Waals surface area contributed by atoms with Crippen LogP contribution in [0.25, 0.3) is 6.08 Å². The number of benzene rings is 1. The van der Waals surface area contributed by atoms with Crippen LogP contribution in [0.4, 0.5) is 0 Å². The van der Waals surface area contributed by atoms with Crippen LogP contribution in [0.5, 0.6) is 5.75 Å². The third-order valence-corrected chi connectivity index (χ3v) is 4.40. The van der Waals surface area contributed by atoms with Crippen molar-refractivity contribution >= 4 is 17.8 Å². The third kappa shape index (κ3) is 3.86. The van der Waals surface area contributed by atoms with Crippen LogP contribution in [0.3, 0.4) is 0 Å². The van der Waals surface area contributed by atoms with Crippen molar-refractivity contribution in [1.82, 2.24) is 4.90 Å². The molecule has 3 rings (SSSR count). The standard InChI is InChI=1S/C22H23NO5/c1-4-23-20(15-7-5-8-17(13-15)28-14(2)3)19(21(25)22(23)26)18(24)11-10-16-9-6-12-27-16/h5-14,20,25H,4H2,1-3H3/b11-10+. The van der Waals surface area contributed by atoms with Crippen LogP contribution in [0.15, 0.2) is 64.5 Å². The summed E-state index contributed by atoms with van der Waals surface area (Å²) in [5.74, 6) is -0.374. The summed E-state index contributed by atoms with van der Waals surface area (Å²) in [6.07, 6.45) is 4.31. The van der Waals surface area contributed by atoms with E-state index in [1.807, 2.05) is 32.0 Å². The van der Waals surface area contributed by atoms with E-state index >= 15 is 0 Å². The predicted octanol–water partition coefficient (Wildman–Crippen LogP) is 4.06. The second kappa shape index (κ2) is 8.17. The molecule has 2 aromatic rings. The minimum absolute atomic E-state index is 0.0102. The summed E-state index contributed by atoms with van der Waals surface area (Å²) in [5, 5.41) is 10.4. The maximum absolute atomic E-state index is 12.8. The average Bonchev–Trinajstić information content (AvgIpc) is 3.26. The van der Waals surface area contributed by atoms with E-state index in [9.17, 15) is 14.7 Å². The summed E-state index contributed by atoms with van der Waals surface area (Å²) in [6, 6.07) is 9.97. The van der Waals surface area contributed by atoms with Gasteiger partial charge in [0.05, 0.1) is 24.0 Å². The molecule has 1 aromatic heterocycles. The van der Waals surface area contributed by atoms with Crippen molar-refractivity contribution < 1.29 is 23.8 Å². The molecule has 0 bridgehead atoms. The molecule has 0 fully saturated rings. The number of rotatable bonds is 7. The Morgan fingerprint density at radius 1 is 1.32 bits per heavy atom. The van der Waals surface area contributed by atoms with Gasteiger partial charge in [-0.25, -0.2) is 0 Å². The Hall–Kier alpha value is -3.28. The van der Waals surface area contributed by atoms with Crippen molar-refractivity contribution in [1.29, 1.82) is 0 Å². The van der Waals surface area contributed by atoms with Crippen LogP contribution in [0.1, 0.15) is 38.1 Å². The minimum Gasteiger partial charge on any atom is -0.503 e. The molecule has 1 unspecified atom stereocenters. The Morgan fingerprint density at radius 2 is 2.11 bits per heavy atom. The molecule has 28 heavy (non-hydrogen) atoms. The number of allylic oxidation sites excluding steroid dienone is 1. The van der Waals surface area contributed by atoms with Crippen molar-refractivity contribution in [3.8, 4) is 5.75 Å². The van der Waals surface area contributed by atoms with Gasteiger partial charge in [-0.3, -0.25) is 9.59 Å². The molecule has 0 spiro atoms. The first-order valence-electron chi connectivity index (χ1n) is 9.19. The van der Waals surface area contributed by atoms with Crippen molar-refractivity contribution in [2.45, 2.75) is 32.9 Å². The molecular weight excluding hydrogens is 358 g/mol. The Morgan fingerprint density at radius 3 is 2.75 bits per heavy atom. The maximum Gasteiger partial charge on any atom is 0.290 e. The van der Waals surface area contributed by atoms with Crippen molar-refractivity contribution in [2.24, 2.45) is 0 Å². The van der Waals surface area contributed by atoms with Gasteiger partial charge >= 0.3 is 0 Å². The number of aliphatic hydroxyl groups is 1. The lowest BCUT2D eigenvalue weighted by Crippen LogP contribution is -2.30. The smallest absolute Gasteiger partial charge is 0.290 e. The fourth-order valence-corrected chi connectivity index (χ4v) is 3.24. The second-order valence-corrected chi connectivity index (χ2v) is 6.71. The van der Waals surface area contributed by atoms with Gasteiger partial charge in [-0.15, -0.1) is 0 Å². The Kier molecular flexibility index (Phi) is 5.68. The SMILES string of the molecule is CCN1C(=O)C(O)=C(C(=O)/C=C/c2ccco2)C1c1cccc(OC(C)C)c1. The number of nitrogens with zero attached hydrogens (tertiary/aromatic N) is 1. The van der Waals surface area contributed by atoms with Crippen LogP contribution in [-0.4, -0.2) is 34.3 Å². The van der Waals surface area contributed by atoms with Gasteiger partial charge in [0.25, 0.3) is 5.91 Å². The normalized spacial score (nSPS) is 17.2. The molecule has 1 atom stereocenters. The topological polar surface area (TPSA) is 80.0 Å². The van der Waals surface area contributed by atoms with Gasteiger partial charge in [-0.05, 0) is 62.8 Å². The van der Waals surface area contributed by atoms with E-state index in [-0.39, 0.29) is 11.7 Å². The summed E-state index contributed by atoms with van der Waals surface area (Å²) >= 11 is 0. The minimum atomic E-state index is -0.679. The molecule has 1 amide bonds. The molecule has 1 aliphatic heterocycles. The number of aliphatic hydroxyl groups excluding tert-OH is 1.